The van der Waals surface area contributed by atoms with Crippen LogP contribution >= 0.6 is 0 Å². The van der Waals surface area contributed by atoms with Crippen LogP contribution in [0.15, 0.2) is 48.5 Å². The Kier molecular flexibility index (Phi) is 9.88. The van der Waals surface area contributed by atoms with Crippen molar-refractivity contribution < 1.29 is 19.1 Å². The van der Waals surface area contributed by atoms with Gasteiger partial charge in [-0.2, -0.15) is 0 Å². The standard InChI is InChI=1S/C25H34N2O4/c1-5-23(25(29)26-6-2)27(18-20-9-7-10-22(17-20)30-4)24(28)11-8-16-31-21-14-12-19(3)13-15-21/h7,9-10,12-15,17,23H,5-6,8,11,16,18H2,1-4H3,(H,26,29)/t23-/m0/s1. The Morgan fingerprint density at radius 3 is 2.45 bits per heavy atom. The molecule has 6 heteroatoms. The van der Waals surface area contributed by atoms with Gasteiger partial charge in [0, 0.05) is 19.5 Å². The molecule has 1 atom stereocenters. The number of methoxy groups -OCH3 is 1. The number of carbonyl (C=O) groups excluding carboxylic acids is 2. The van der Waals surface area contributed by atoms with Crippen molar-refractivity contribution in [3.05, 3.63) is 59.7 Å². The fourth-order valence-electron chi connectivity index (χ4n) is 3.37. The number of rotatable bonds is 12. The second-order valence-corrected chi connectivity index (χ2v) is 7.46. The van der Waals surface area contributed by atoms with E-state index in [1.165, 1.54) is 5.56 Å². The van der Waals surface area contributed by atoms with E-state index >= 15 is 0 Å². The molecule has 0 bridgehead atoms. The summed E-state index contributed by atoms with van der Waals surface area (Å²) in [7, 11) is 1.61. The van der Waals surface area contributed by atoms with Crippen LogP contribution in [0.2, 0.25) is 0 Å². The second-order valence-electron chi connectivity index (χ2n) is 7.46. The molecule has 168 valence electrons. The van der Waals surface area contributed by atoms with Gasteiger partial charge in [-0.3, -0.25) is 9.59 Å². The van der Waals surface area contributed by atoms with Crippen LogP contribution in [-0.4, -0.2) is 43.0 Å². The molecule has 0 aliphatic carbocycles. The molecule has 0 saturated heterocycles. The molecule has 0 aliphatic heterocycles. The van der Waals surface area contributed by atoms with E-state index in [9.17, 15) is 9.59 Å². The van der Waals surface area contributed by atoms with E-state index in [0.717, 1.165) is 17.1 Å². The quantitative estimate of drug-likeness (QED) is 0.519. The molecule has 0 aliphatic rings. The van der Waals surface area contributed by atoms with Crippen molar-refractivity contribution in [2.45, 2.75) is 52.6 Å². The minimum atomic E-state index is -0.517. The average Bonchev–Trinajstić information content (AvgIpc) is 2.78. The molecule has 2 amide bonds. The third kappa shape index (κ3) is 7.63. The number of hydrogen-bond donors (Lipinski definition) is 1. The lowest BCUT2D eigenvalue weighted by molar-refractivity contribution is -0.141. The second kappa shape index (κ2) is 12.6. The van der Waals surface area contributed by atoms with Gasteiger partial charge in [-0.1, -0.05) is 36.8 Å². The summed E-state index contributed by atoms with van der Waals surface area (Å²) in [5.41, 5.74) is 2.10. The van der Waals surface area contributed by atoms with E-state index in [2.05, 4.69) is 5.32 Å². The fraction of sp³-hybridized carbons (Fsp3) is 0.440. The predicted octanol–water partition coefficient (Wildman–Crippen LogP) is 4.11. The third-order valence-corrected chi connectivity index (χ3v) is 5.05. The van der Waals surface area contributed by atoms with Gasteiger partial charge in [-0.15, -0.1) is 0 Å². The number of carbonyl (C=O) groups is 2. The van der Waals surface area contributed by atoms with Crippen molar-refractivity contribution in [1.82, 2.24) is 10.2 Å². The van der Waals surface area contributed by atoms with Gasteiger partial charge in [0.05, 0.1) is 13.7 Å². The molecule has 1 N–H and O–H groups in total. The summed E-state index contributed by atoms with van der Waals surface area (Å²) < 4.78 is 11.0. The van der Waals surface area contributed by atoms with Crippen LogP contribution in [0.5, 0.6) is 11.5 Å². The Morgan fingerprint density at radius 1 is 1.06 bits per heavy atom. The Hall–Kier alpha value is -3.02. The zero-order valence-corrected chi connectivity index (χ0v) is 19.0. The fourth-order valence-corrected chi connectivity index (χ4v) is 3.37. The van der Waals surface area contributed by atoms with Crippen LogP contribution in [0.4, 0.5) is 0 Å². The van der Waals surface area contributed by atoms with Gasteiger partial charge in [-0.05, 0) is 56.5 Å². The highest BCUT2D eigenvalue weighted by Gasteiger charge is 2.28. The van der Waals surface area contributed by atoms with Gasteiger partial charge < -0.3 is 19.7 Å². The van der Waals surface area contributed by atoms with Crippen molar-refractivity contribution in [3.63, 3.8) is 0 Å². The Bertz CT molecular complexity index is 836. The summed E-state index contributed by atoms with van der Waals surface area (Å²) in [6.45, 7) is 7.15. The number of aryl methyl sites for hydroxylation is 1. The van der Waals surface area contributed by atoms with E-state index in [1.807, 2.05) is 69.3 Å². The number of ether oxygens (including phenoxy) is 2. The highest BCUT2D eigenvalue weighted by atomic mass is 16.5. The zero-order chi connectivity index (χ0) is 22.6. The van der Waals surface area contributed by atoms with Crippen LogP contribution in [0.1, 0.15) is 44.2 Å². The van der Waals surface area contributed by atoms with Gasteiger partial charge in [0.2, 0.25) is 11.8 Å². The Balaban J connectivity index is 2.05. The molecule has 31 heavy (non-hydrogen) atoms. The molecule has 0 fully saturated rings. The number of nitrogens with zero attached hydrogens (tertiary/aromatic N) is 1. The third-order valence-electron chi connectivity index (χ3n) is 5.05. The molecule has 0 radical (unpaired) electrons. The molecular formula is C25H34N2O4. The SMILES string of the molecule is CCNC(=O)[C@H](CC)N(Cc1cccc(OC)c1)C(=O)CCCOc1ccc(C)cc1. The highest BCUT2D eigenvalue weighted by Crippen LogP contribution is 2.18. The molecular weight excluding hydrogens is 392 g/mol. The summed E-state index contributed by atoms with van der Waals surface area (Å²) in [5.74, 6) is 1.33. The average molecular weight is 427 g/mol. The lowest BCUT2D eigenvalue weighted by atomic mass is 10.1. The first kappa shape index (κ1) is 24.3. The van der Waals surface area contributed by atoms with Crippen molar-refractivity contribution in [2.75, 3.05) is 20.3 Å². The van der Waals surface area contributed by atoms with E-state index < -0.39 is 6.04 Å². The number of likely N-dealkylation sites (N-methyl/N-ethyl adjacent to an activating group) is 1. The molecule has 0 saturated carbocycles. The molecule has 2 aromatic carbocycles. The number of hydrogen-bond acceptors (Lipinski definition) is 4. The first-order chi connectivity index (χ1) is 15.0. The maximum absolute atomic E-state index is 13.1. The minimum absolute atomic E-state index is 0.0616. The van der Waals surface area contributed by atoms with Gasteiger partial charge in [0.25, 0.3) is 0 Å². The van der Waals surface area contributed by atoms with Crippen molar-refractivity contribution in [2.24, 2.45) is 0 Å². The van der Waals surface area contributed by atoms with Gasteiger partial charge in [0.1, 0.15) is 17.5 Å². The lowest BCUT2D eigenvalue weighted by Crippen LogP contribution is -2.49. The Morgan fingerprint density at radius 2 is 1.81 bits per heavy atom. The van der Waals surface area contributed by atoms with Crippen LogP contribution in [0.3, 0.4) is 0 Å². The molecule has 6 nitrogen and oxygen atoms in total. The van der Waals surface area contributed by atoms with Crippen LogP contribution in [0.25, 0.3) is 0 Å². The normalized spacial score (nSPS) is 11.5. The lowest BCUT2D eigenvalue weighted by Gasteiger charge is -2.30. The molecule has 0 aromatic heterocycles. The van der Waals surface area contributed by atoms with Crippen molar-refractivity contribution in [3.8, 4) is 11.5 Å². The van der Waals surface area contributed by atoms with Crippen LogP contribution in [0, 0.1) is 6.92 Å². The molecule has 0 unspecified atom stereocenters. The summed E-state index contributed by atoms with van der Waals surface area (Å²) in [6.07, 6.45) is 1.43. The summed E-state index contributed by atoms with van der Waals surface area (Å²) in [6, 6.07) is 14.9. The van der Waals surface area contributed by atoms with Crippen molar-refractivity contribution >= 4 is 11.8 Å². The number of nitrogens with one attached hydrogen (secondary N) is 1. The molecule has 0 heterocycles. The summed E-state index contributed by atoms with van der Waals surface area (Å²) in [4.78, 5) is 27.4. The van der Waals surface area contributed by atoms with Gasteiger partial charge in [0.15, 0.2) is 0 Å². The highest BCUT2D eigenvalue weighted by molar-refractivity contribution is 5.87. The van der Waals surface area contributed by atoms with Crippen molar-refractivity contribution in [1.29, 1.82) is 0 Å². The smallest absolute Gasteiger partial charge is 0.242 e. The van der Waals surface area contributed by atoms with Crippen LogP contribution < -0.4 is 14.8 Å². The first-order valence-electron chi connectivity index (χ1n) is 10.9. The van der Waals surface area contributed by atoms with Gasteiger partial charge >= 0.3 is 0 Å². The van der Waals surface area contributed by atoms with Crippen LogP contribution in [-0.2, 0) is 16.1 Å². The predicted molar refractivity (Wildman–Crippen MR) is 122 cm³/mol. The number of amides is 2. The monoisotopic (exact) mass is 426 g/mol. The van der Waals surface area contributed by atoms with E-state index in [-0.39, 0.29) is 11.8 Å². The maximum atomic E-state index is 13.1. The first-order valence-corrected chi connectivity index (χ1v) is 10.9. The van der Waals surface area contributed by atoms with E-state index in [0.29, 0.717) is 39.0 Å². The minimum Gasteiger partial charge on any atom is -0.497 e. The van der Waals surface area contributed by atoms with Gasteiger partial charge in [-0.25, -0.2) is 0 Å². The van der Waals surface area contributed by atoms with E-state index in [4.69, 9.17) is 9.47 Å². The topological polar surface area (TPSA) is 67.9 Å². The molecule has 2 aromatic rings. The summed E-state index contributed by atoms with van der Waals surface area (Å²) >= 11 is 0. The maximum Gasteiger partial charge on any atom is 0.242 e. The molecule has 0 spiro atoms. The number of benzene rings is 2. The van der Waals surface area contributed by atoms with E-state index in [1.54, 1.807) is 12.0 Å². The summed E-state index contributed by atoms with van der Waals surface area (Å²) in [5, 5.41) is 2.85. The Labute approximate surface area is 185 Å². The zero-order valence-electron chi connectivity index (χ0n) is 19.0. The largest absolute Gasteiger partial charge is 0.497 e. The molecule has 2 rings (SSSR count).